The van der Waals surface area contributed by atoms with Gasteiger partial charge in [-0.25, -0.2) is 5.43 Å². The van der Waals surface area contributed by atoms with Gasteiger partial charge in [0.15, 0.2) is 5.96 Å². The molecule has 1 atom stereocenters. The minimum Gasteiger partial charge on any atom is -0.356 e. The summed E-state index contributed by atoms with van der Waals surface area (Å²) in [6.07, 6.45) is 1.44. The Balaban J connectivity index is 2.02. The van der Waals surface area contributed by atoms with E-state index >= 15 is 0 Å². The fourth-order valence-corrected chi connectivity index (χ4v) is 2.17. The van der Waals surface area contributed by atoms with E-state index in [1.165, 1.54) is 0 Å². The molecule has 1 aliphatic heterocycles. The van der Waals surface area contributed by atoms with Crippen LogP contribution < -0.4 is 16.1 Å². The van der Waals surface area contributed by atoms with Gasteiger partial charge in [0.05, 0.1) is 5.71 Å². The summed E-state index contributed by atoms with van der Waals surface area (Å²) in [6.45, 7) is 4.83. The van der Waals surface area contributed by atoms with E-state index in [0.717, 1.165) is 29.9 Å². The Labute approximate surface area is 124 Å². The summed E-state index contributed by atoms with van der Waals surface area (Å²) in [5.74, 6) is 0.363. The first kappa shape index (κ1) is 15.0. The molecular formula is C15H21N5O. The van der Waals surface area contributed by atoms with Gasteiger partial charge in [0, 0.05) is 24.6 Å². The maximum Gasteiger partial charge on any atom is 0.240 e. The molecule has 0 saturated carbocycles. The third kappa shape index (κ3) is 4.05. The van der Waals surface area contributed by atoms with Gasteiger partial charge in [-0.15, -0.1) is 0 Å². The first-order valence-electron chi connectivity index (χ1n) is 7.16. The summed E-state index contributed by atoms with van der Waals surface area (Å²) in [7, 11) is 0. The molecule has 0 bridgehead atoms. The third-order valence-electron chi connectivity index (χ3n) is 3.26. The zero-order valence-electron chi connectivity index (χ0n) is 12.4. The largest absolute Gasteiger partial charge is 0.356 e. The smallest absolute Gasteiger partial charge is 0.240 e. The van der Waals surface area contributed by atoms with Gasteiger partial charge in [-0.2, -0.15) is 5.10 Å². The lowest BCUT2D eigenvalue weighted by molar-refractivity contribution is -0.121. The molecule has 4 N–H and O–H groups in total. The van der Waals surface area contributed by atoms with Crippen LogP contribution in [0.5, 0.6) is 0 Å². The summed E-state index contributed by atoms with van der Waals surface area (Å²) in [5.41, 5.74) is 5.24. The number of guanidine groups is 1. The summed E-state index contributed by atoms with van der Waals surface area (Å²) in [6, 6.07) is 7.71. The number of nitrogens with zero attached hydrogens (tertiary/aromatic N) is 1. The van der Waals surface area contributed by atoms with Crippen LogP contribution in [0, 0.1) is 11.3 Å². The Morgan fingerprint density at radius 3 is 2.76 bits per heavy atom. The fraction of sp³-hybridized carbons (Fsp3) is 0.400. The van der Waals surface area contributed by atoms with Gasteiger partial charge in [0.2, 0.25) is 5.91 Å². The van der Waals surface area contributed by atoms with E-state index in [2.05, 4.69) is 28.1 Å². The van der Waals surface area contributed by atoms with Crippen molar-refractivity contribution in [3.05, 3.63) is 29.8 Å². The number of rotatable bonds is 4. The predicted molar refractivity (Wildman–Crippen MR) is 84.5 cm³/mol. The van der Waals surface area contributed by atoms with Gasteiger partial charge >= 0.3 is 0 Å². The van der Waals surface area contributed by atoms with Crippen molar-refractivity contribution in [3.63, 3.8) is 0 Å². The van der Waals surface area contributed by atoms with E-state index in [9.17, 15) is 4.79 Å². The molecule has 1 aromatic carbocycles. The van der Waals surface area contributed by atoms with Crippen LogP contribution in [0.4, 0.5) is 5.69 Å². The van der Waals surface area contributed by atoms with Crippen molar-refractivity contribution in [2.24, 2.45) is 11.0 Å². The highest BCUT2D eigenvalue weighted by Crippen LogP contribution is 2.18. The van der Waals surface area contributed by atoms with Crippen molar-refractivity contribution < 1.29 is 4.79 Å². The molecule has 1 aliphatic rings. The van der Waals surface area contributed by atoms with Crippen LogP contribution >= 0.6 is 0 Å². The Morgan fingerprint density at radius 2 is 2.14 bits per heavy atom. The summed E-state index contributed by atoms with van der Waals surface area (Å²) in [5, 5.41) is 17.8. The van der Waals surface area contributed by atoms with Crippen LogP contribution in [-0.2, 0) is 4.79 Å². The fourth-order valence-electron chi connectivity index (χ4n) is 2.17. The van der Waals surface area contributed by atoms with Gasteiger partial charge in [0.1, 0.15) is 0 Å². The van der Waals surface area contributed by atoms with Gasteiger partial charge in [-0.3, -0.25) is 10.2 Å². The van der Waals surface area contributed by atoms with Crippen molar-refractivity contribution in [2.45, 2.75) is 26.7 Å². The standard InChI is InChI=1S/C15H21N5O/c1-3-8-17-15(16)18-12-6-4-11(5-7-12)14-10(2)9-13(21)19-20-14/h4-7,10H,3,8-9H2,1-2H3,(H,19,21)(H3,16,17,18). The van der Waals surface area contributed by atoms with E-state index in [-0.39, 0.29) is 11.8 Å². The summed E-state index contributed by atoms with van der Waals surface area (Å²) >= 11 is 0. The molecule has 1 unspecified atom stereocenters. The van der Waals surface area contributed by atoms with E-state index in [1.807, 2.05) is 31.2 Å². The van der Waals surface area contributed by atoms with E-state index in [0.29, 0.717) is 12.4 Å². The van der Waals surface area contributed by atoms with Crippen LogP contribution in [0.2, 0.25) is 0 Å². The quantitative estimate of drug-likeness (QED) is 0.503. The Bertz CT molecular complexity index is 550. The molecule has 2 rings (SSSR count). The summed E-state index contributed by atoms with van der Waals surface area (Å²) in [4.78, 5) is 11.3. The molecule has 6 nitrogen and oxygen atoms in total. The second kappa shape index (κ2) is 6.88. The average Bonchev–Trinajstić information content (AvgIpc) is 2.46. The van der Waals surface area contributed by atoms with Gasteiger partial charge in [-0.1, -0.05) is 26.0 Å². The topological polar surface area (TPSA) is 89.4 Å². The van der Waals surface area contributed by atoms with Crippen molar-refractivity contribution in [2.75, 3.05) is 11.9 Å². The molecule has 0 aliphatic carbocycles. The molecule has 6 heteroatoms. The highest BCUT2D eigenvalue weighted by Gasteiger charge is 2.21. The van der Waals surface area contributed by atoms with E-state index < -0.39 is 0 Å². The molecule has 0 saturated heterocycles. The zero-order chi connectivity index (χ0) is 15.2. The predicted octanol–water partition coefficient (Wildman–Crippen LogP) is 1.89. The number of benzene rings is 1. The van der Waals surface area contributed by atoms with Crippen molar-refractivity contribution in [3.8, 4) is 0 Å². The van der Waals surface area contributed by atoms with Crippen molar-refractivity contribution in [1.82, 2.24) is 10.7 Å². The number of anilines is 1. The average molecular weight is 287 g/mol. The Morgan fingerprint density at radius 1 is 1.43 bits per heavy atom. The van der Waals surface area contributed by atoms with Gasteiger partial charge in [0.25, 0.3) is 0 Å². The lowest BCUT2D eigenvalue weighted by Gasteiger charge is -2.19. The van der Waals surface area contributed by atoms with Crippen LogP contribution in [0.25, 0.3) is 0 Å². The number of amides is 1. The van der Waals surface area contributed by atoms with Crippen molar-refractivity contribution >= 4 is 23.3 Å². The van der Waals surface area contributed by atoms with Crippen LogP contribution in [0.3, 0.4) is 0 Å². The summed E-state index contributed by atoms with van der Waals surface area (Å²) < 4.78 is 0. The number of carbonyl (C=O) groups excluding carboxylic acids is 1. The highest BCUT2D eigenvalue weighted by atomic mass is 16.2. The van der Waals surface area contributed by atoms with Crippen LogP contribution in [0.1, 0.15) is 32.3 Å². The third-order valence-corrected chi connectivity index (χ3v) is 3.26. The zero-order valence-corrected chi connectivity index (χ0v) is 12.4. The molecule has 0 spiro atoms. The maximum absolute atomic E-state index is 11.3. The minimum atomic E-state index is -0.0417. The lowest BCUT2D eigenvalue weighted by atomic mass is 9.94. The second-order valence-corrected chi connectivity index (χ2v) is 5.14. The molecule has 0 aromatic heterocycles. The Hall–Kier alpha value is -2.37. The lowest BCUT2D eigenvalue weighted by Crippen LogP contribution is -2.32. The first-order valence-corrected chi connectivity index (χ1v) is 7.16. The SMILES string of the molecule is CCCNC(=N)Nc1ccc(C2=NNC(=O)CC2C)cc1. The van der Waals surface area contributed by atoms with Crippen LogP contribution in [-0.4, -0.2) is 24.1 Å². The first-order chi connectivity index (χ1) is 10.1. The number of hydrogen-bond acceptors (Lipinski definition) is 3. The van der Waals surface area contributed by atoms with Gasteiger partial charge in [-0.05, 0) is 24.1 Å². The van der Waals surface area contributed by atoms with E-state index in [1.54, 1.807) is 0 Å². The highest BCUT2D eigenvalue weighted by molar-refractivity contribution is 6.06. The molecular weight excluding hydrogens is 266 g/mol. The molecule has 112 valence electrons. The molecule has 1 aromatic rings. The number of hydrazone groups is 1. The molecule has 1 heterocycles. The number of carbonyl (C=O) groups is 1. The number of hydrogen-bond donors (Lipinski definition) is 4. The molecule has 0 radical (unpaired) electrons. The normalized spacial score (nSPS) is 17.7. The molecule has 21 heavy (non-hydrogen) atoms. The molecule has 1 amide bonds. The number of nitrogens with one attached hydrogen (secondary N) is 4. The Kier molecular flexibility index (Phi) is 4.92. The van der Waals surface area contributed by atoms with Crippen molar-refractivity contribution in [1.29, 1.82) is 5.41 Å². The van der Waals surface area contributed by atoms with Crippen LogP contribution in [0.15, 0.2) is 29.4 Å². The minimum absolute atomic E-state index is 0.0417. The second-order valence-electron chi connectivity index (χ2n) is 5.14. The van der Waals surface area contributed by atoms with E-state index in [4.69, 9.17) is 5.41 Å². The molecule has 0 fully saturated rings. The monoisotopic (exact) mass is 287 g/mol. The van der Waals surface area contributed by atoms with Gasteiger partial charge < -0.3 is 10.6 Å². The maximum atomic E-state index is 11.3.